The minimum atomic E-state index is -4.97. The van der Waals surface area contributed by atoms with Crippen molar-refractivity contribution in [3.8, 4) is 0 Å². The van der Waals surface area contributed by atoms with E-state index in [0.717, 1.165) is 12.1 Å². The summed E-state index contributed by atoms with van der Waals surface area (Å²) < 4.78 is 70.7. The van der Waals surface area contributed by atoms with Crippen LogP contribution in [0.3, 0.4) is 0 Å². The SMILES string of the molecule is C[C@@H]1CN(c2cc(F)c(C3=CCCN(c4ncc(C=O)cn4)C3)cc2NC(=O)c2ccc(F)cc2C(F)(F)F)CCN1C. The van der Waals surface area contributed by atoms with E-state index in [0.29, 0.717) is 61.7 Å². The van der Waals surface area contributed by atoms with E-state index < -0.39 is 34.8 Å². The van der Waals surface area contributed by atoms with Crippen molar-refractivity contribution in [1.82, 2.24) is 14.9 Å². The Balaban J connectivity index is 1.52. The Morgan fingerprint density at radius 1 is 1.05 bits per heavy atom. The summed E-state index contributed by atoms with van der Waals surface area (Å²) in [5.74, 6) is -2.44. The van der Waals surface area contributed by atoms with Crippen molar-refractivity contribution in [2.24, 2.45) is 0 Å². The first kappa shape index (κ1) is 30.1. The van der Waals surface area contributed by atoms with E-state index >= 15 is 4.39 Å². The van der Waals surface area contributed by atoms with Crippen LogP contribution in [0.15, 0.2) is 48.8 Å². The van der Waals surface area contributed by atoms with Crippen LogP contribution in [0.1, 0.15) is 45.2 Å². The van der Waals surface area contributed by atoms with Crippen LogP contribution in [0.25, 0.3) is 5.57 Å². The van der Waals surface area contributed by atoms with Crippen LogP contribution in [0, 0.1) is 11.6 Å². The maximum atomic E-state index is 15.8. The number of carbonyl (C=O) groups excluding carboxylic acids is 2. The Labute approximate surface area is 244 Å². The van der Waals surface area contributed by atoms with Crippen LogP contribution in [0.4, 0.5) is 39.3 Å². The third-order valence-corrected chi connectivity index (χ3v) is 7.74. The Morgan fingerprint density at radius 3 is 2.47 bits per heavy atom. The van der Waals surface area contributed by atoms with Gasteiger partial charge >= 0.3 is 6.18 Å². The van der Waals surface area contributed by atoms with Crippen molar-refractivity contribution in [3.05, 3.63) is 82.7 Å². The summed E-state index contributed by atoms with van der Waals surface area (Å²) >= 11 is 0. The Kier molecular flexibility index (Phi) is 8.45. The Bertz CT molecular complexity index is 1560. The fourth-order valence-electron chi connectivity index (χ4n) is 5.24. The predicted molar refractivity (Wildman–Crippen MR) is 152 cm³/mol. The van der Waals surface area contributed by atoms with E-state index in [1.54, 1.807) is 0 Å². The molecule has 3 heterocycles. The quantitative estimate of drug-likeness (QED) is 0.305. The van der Waals surface area contributed by atoms with E-state index in [1.807, 2.05) is 29.8 Å². The topological polar surface area (TPSA) is 81.7 Å². The zero-order valence-electron chi connectivity index (χ0n) is 23.5. The number of rotatable bonds is 6. The number of piperazine rings is 1. The minimum Gasteiger partial charge on any atom is -0.367 e. The van der Waals surface area contributed by atoms with Gasteiger partial charge in [-0.15, -0.1) is 0 Å². The third-order valence-electron chi connectivity index (χ3n) is 7.74. The van der Waals surface area contributed by atoms with E-state index in [9.17, 15) is 27.2 Å². The van der Waals surface area contributed by atoms with Crippen molar-refractivity contribution in [3.63, 3.8) is 0 Å². The summed E-state index contributed by atoms with van der Waals surface area (Å²) in [4.78, 5) is 38.5. The number of anilines is 3. The molecule has 2 aromatic carbocycles. The molecule has 5 rings (SSSR count). The van der Waals surface area contributed by atoms with Crippen molar-refractivity contribution >= 4 is 35.1 Å². The number of aromatic nitrogens is 2. The molecule has 1 aromatic heterocycles. The standard InChI is InChI=1S/C30H29F5N6O2/c1-18-15-40(9-8-39(18)2)27-12-25(32)23(20-4-3-7-41(16-20)29-36-13-19(17-42)14-37-29)11-26(27)38-28(43)22-6-5-21(31)10-24(22)30(33,34)35/h4-6,10-14,17-18H,3,7-9,15-16H2,1-2H3,(H,38,43)/t18-/m1/s1. The van der Waals surface area contributed by atoms with Gasteiger partial charge in [-0.05, 0) is 56.3 Å². The van der Waals surface area contributed by atoms with Gasteiger partial charge in [-0.25, -0.2) is 18.7 Å². The van der Waals surface area contributed by atoms with E-state index in [2.05, 4.69) is 20.2 Å². The van der Waals surface area contributed by atoms with Crippen molar-refractivity contribution in [2.75, 3.05) is 54.9 Å². The summed E-state index contributed by atoms with van der Waals surface area (Å²) in [5.41, 5.74) is -0.674. The number of halogens is 5. The fraction of sp³-hybridized carbons (Fsp3) is 0.333. The number of amides is 1. The molecule has 1 atom stereocenters. The molecular formula is C30H29F5N6O2. The number of nitrogens with one attached hydrogen (secondary N) is 1. The lowest BCUT2D eigenvalue weighted by Gasteiger charge is -2.40. The van der Waals surface area contributed by atoms with Gasteiger partial charge in [0, 0.05) is 56.7 Å². The van der Waals surface area contributed by atoms with Gasteiger partial charge in [-0.1, -0.05) is 6.08 Å². The highest BCUT2D eigenvalue weighted by atomic mass is 19.4. The van der Waals surface area contributed by atoms with Crippen LogP contribution >= 0.6 is 0 Å². The first-order valence-corrected chi connectivity index (χ1v) is 13.6. The first-order chi connectivity index (χ1) is 20.4. The molecule has 2 aliphatic heterocycles. The van der Waals surface area contributed by atoms with Crippen LogP contribution < -0.4 is 15.1 Å². The number of carbonyl (C=O) groups is 2. The van der Waals surface area contributed by atoms with Gasteiger partial charge in [-0.3, -0.25) is 9.59 Å². The Morgan fingerprint density at radius 2 is 1.79 bits per heavy atom. The Hall–Kier alpha value is -4.39. The van der Waals surface area contributed by atoms with Gasteiger partial charge in [-0.2, -0.15) is 13.2 Å². The molecule has 13 heteroatoms. The van der Waals surface area contributed by atoms with Gasteiger partial charge in [0.15, 0.2) is 6.29 Å². The maximum Gasteiger partial charge on any atom is 0.417 e. The highest BCUT2D eigenvalue weighted by Gasteiger charge is 2.36. The number of likely N-dealkylation sites (N-methyl/N-ethyl adjacent to an activating group) is 1. The van der Waals surface area contributed by atoms with Crippen molar-refractivity contribution in [1.29, 1.82) is 0 Å². The molecule has 0 radical (unpaired) electrons. The summed E-state index contributed by atoms with van der Waals surface area (Å²) in [6, 6.07) is 4.65. The zero-order valence-corrected chi connectivity index (χ0v) is 23.5. The van der Waals surface area contributed by atoms with Gasteiger partial charge in [0.25, 0.3) is 5.91 Å². The summed E-state index contributed by atoms with van der Waals surface area (Å²) in [6.45, 7) is 4.39. The number of hydrogen-bond donors (Lipinski definition) is 1. The van der Waals surface area contributed by atoms with Crippen LogP contribution in [-0.2, 0) is 6.18 Å². The predicted octanol–water partition coefficient (Wildman–Crippen LogP) is 5.27. The molecule has 43 heavy (non-hydrogen) atoms. The van der Waals surface area contributed by atoms with Crippen LogP contribution in [-0.4, -0.2) is 72.9 Å². The maximum absolute atomic E-state index is 15.8. The van der Waals surface area contributed by atoms with Crippen molar-refractivity contribution in [2.45, 2.75) is 25.6 Å². The van der Waals surface area contributed by atoms with Gasteiger partial charge < -0.3 is 20.0 Å². The average Bonchev–Trinajstić information content (AvgIpc) is 2.99. The van der Waals surface area contributed by atoms with Gasteiger partial charge in [0.05, 0.1) is 28.1 Å². The number of aldehydes is 1. The molecule has 0 spiro atoms. The number of hydrogen-bond acceptors (Lipinski definition) is 7. The lowest BCUT2D eigenvalue weighted by molar-refractivity contribution is -0.138. The number of alkyl halides is 3. The molecule has 3 aromatic rings. The molecule has 0 aliphatic carbocycles. The van der Waals surface area contributed by atoms with Crippen molar-refractivity contribution < 1.29 is 31.5 Å². The molecule has 0 unspecified atom stereocenters. The molecular weight excluding hydrogens is 571 g/mol. The molecule has 8 nitrogen and oxygen atoms in total. The molecule has 0 bridgehead atoms. The average molecular weight is 601 g/mol. The van der Waals surface area contributed by atoms with Crippen LogP contribution in [0.2, 0.25) is 0 Å². The summed E-state index contributed by atoms with van der Waals surface area (Å²) in [6.07, 6.45) is 0.802. The minimum absolute atomic E-state index is 0.0918. The highest BCUT2D eigenvalue weighted by Crippen LogP contribution is 2.37. The smallest absolute Gasteiger partial charge is 0.367 e. The van der Waals surface area contributed by atoms with E-state index in [4.69, 9.17) is 0 Å². The summed E-state index contributed by atoms with van der Waals surface area (Å²) in [7, 11) is 1.96. The number of nitrogens with zero attached hydrogens (tertiary/aromatic N) is 5. The second kappa shape index (κ2) is 12.1. The normalized spacial score (nSPS) is 17.9. The monoisotopic (exact) mass is 600 g/mol. The second-order valence-electron chi connectivity index (χ2n) is 10.6. The largest absolute Gasteiger partial charge is 0.417 e. The lowest BCUT2D eigenvalue weighted by Crippen LogP contribution is -2.50. The molecule has 1 amide bonds. The summed E-state index contributed by atoms with van der Waals surface area (Å²) in [5, 5.41) is 2.56. The molecule has 2 aliphatic rings. The lowest BCUT2D eigenvalue weighted by atomic mass is 9.98. The molecule has 1 N–H and O–H groups in total. The molecule has 1 saturated heterocycles. The second-order valence-corrected chi connectivity index (χ2v) is 10.6. The first-order valence-electron chi connectivity index (χ1n) is 13.6. The van der Waals surface area contributed by atoms with E-state index in [-0.39, 0.29) is 29.9 Å². The molecule has 0 saturated carbocycles. The van der Waals surface area contributed by atoms with E-state index in [1.165, 1.54) is 24.5 Å². The molecule has 226 valence electrons. The molecule has 1 fully saturated rings. The highest BCUT2D eigenvalue weighted by molar-refractivity contribution is 6.07. The fourth-order valence-corrected chi connectivity index (χ4v) is 5.24. The number of benzene rings is 2. The zero-order chi connectivity index (χ0) is 30.9. The third kappa shape index (κ3) is 6.51. The van der Waals surface area contributed by atoms with Crippen LogP contribution in [0.5, 0.6) is 0 Å². The van der Waals surface area contributed by atoms with Gasteiger partial charge in [0.2, 0.25) is 5.95 Å². The van der Waals surface area contributed by atoms with Gasteiger partial charge in [0.1, 0.15) is 11.6 Å².